The maximum atomic E-state index is 11.0. The molecule has 7 aliphatic carbocycles. The molecule has 7 atom stereocenters. The lowest BCUT2D eigenvalue weighted by Crippen LogP contribution is -2.47. The monoisotopic (exact) mass is 532 g/mol. The van der Waals surface area contributed by atoms with Crippen LogP contribution in [0.1, 0.15) is 110 Å². The minimum atomic E-state index is -0.626. The van der Waals surface area contributed by atoms with Crippen molar-refractivity contribution >= 4 is 0 Å². The summed E-state index contributed by atoms with van der Waals surface area (Å²) in [6.45, 7) is 8.77. The van der Waals surface area contributed by atoms with Crippen LogP contribution in [0.4, 0.5) is 0 Å². The van der Waals surface area contributed by atoms with Gasteiger partial charge in [0.25, 0.3) is 0 Å². The fourth-order valence-electron chi connectivity index (χ4n) is 11.1. The van der Waals surface area contributed by atoms with Crippen LogP contribution in [0.2, 0.25) is 0 Å². The molecule has 0 saturated heterocycles. The van der Waals surface area contributed by atoms with Gasteiger partial charge in [-0.05, 0) is 142 Å². The number of fused-ring (bicyclic) bond motifs is 1. The molecule has 0 aliphatic heterocycles. The Morgan fingerprint density at radius 2 is 1.64 bits per heavy atom. The molecule has 0 radical (unpaired) electrons. The minimum absolute atomic E-state index is 0.321. The van der Waals surface area contributed by atoms with E-state index in [4.69, 9.17) is 0 Å². The van der Waals surface area contributed by atoms with Gasteiger partial charge in [-0.1, -0.05) is 49.6 Å². The second kappa shape index (κ2) is 10.8. The molecule has 3 heteroatoms. The fourth-order valence-corrected chi connectivity index (χ4v) is 11.1. The normalized spacial score (nSPS) is 45.6. The molecule has 7 rings (SSSR count). The fraction of sp³-hybridized carbons (Fsp3) is 0.778. The highest BCUT2D eigenvalue weighted by Crippen LogP contribution is 2.62. The molecule has 4 bridgehead atoms. The van der Waals surface area contributed by atoms with Gasteiger partial charge in [-0.25, -0.2) is 0 Å². The maximum absolute atomic E-state index is 11.0. The summed E-state index contributed by atoms with van der Waals surface area (Å²) in [5.74, 6) is 11.4. The average molecular weight is 533 g/mol. The summed E-state index contributed by atoms with van der Waals surface area (Å²) < 4.78 is 0. The molecule has 0 spiro atoms. The first-order valence-corrected chi connectivity index (χ1v) is 16.2. The summed E-state index contributed by atoms with van der Waals surface area (Å²) in [6.07, 6.45) is 20.4. The van der Waals surface area contributed by atoms with Crippen LogP contribution in [0.3, 0.4) is 0 Å². The van der Waals surface area contributed by atoms with Gasteiger partial charge in [0.15, 0.2) is 0 Å². The van der Waals surface area contributed by atoms with Gasteiger partial charge in [0, 0.05) is 6.42 Å². The van der Waals surface area contributed by atoms with E-state index in [9.17, 15) is 15.3 Å². The molecule has 0 heterocycles. The molecule has 0 aromatic carbocycles. The number of hydrogen-bond acceptors (Lipinski definition) is 3. The Labute approximate surface area is 237 Å². The topological polar surface area (TPSA) is 60.7 Å². The lowest BCUT2D eigenvalue weighted by molar-refractivity contribution is -0.0696. The van der Waals surface area contributed by atoms with Crippen molar-refractivity contribution in [2.45, 2.75) is 128 Å². The van der Waals surface area contributed by atoms with E-state index in [1.54, 1.807) is 5.57 Å². The van der Waals surface area contributed by atoms with Crippen molar-refractivity contribution in [2.24, 2.45) is 46.3 Å². The van der Waals surface area contributed by atoms with Gasteiger partial charge in [-0.15, -0.1) is 5.92 Å². The van der Waals surface area contributed by atoms with E-state index in [2.05, 4.69) is 44.4 Å². The van der Waals surface area contributed by atoms with Crippen molar-refractivity contribution in [2.75, 3.05) is 0 Å². The Balaban J connectivity index is 1.06. The highest BCUT2D eigenvalue weighted by molar-refractivity contribution is 5.29. The third-order valence-electron chi connectivity index (χ3n) is 12.5. The van der Waals surface area contributed by atoms with Crippen LogP contribution in [-0.4, -0.2) is 33.6 Å². The Bertz CT molecular complexity index is 1020. The van der Waals surface area contributed by atoms with Gasteiger partial charge in [0.2, 0.25) is 0 Å². The molecule has 0 amide bonds. The van der Waals surface area contributed by atoms with Crippen molar-refractivity contribution in [3.63, 3.8) is 0 Å². The number of allylic oxidation sites excluding steroid dienone is 3. The first kappa shape index (κ1) is 27.8. The van der Waals surface area contributed by atoms with E-state index in [0.717, 1.165) is 36.2 Å². The minimum Gasteiger partial charge on any atom is -0.388 e. The van der Waals surface area contributed by atoms with Gasteiger partial charge in [0.05, 0.1) is 12.2 Å². The zero-order valence-electron chi connectivity index (χ0n) is 24.5. The summed E-state index contributed by atoms with van der Waals surface area (Å²) >= 11 is 0. The van der Waals surface area contributed by atoms with Crippen LogP contribution >= 0.6 is 0 Å². The molecule has 7 aliphatic rings. The standard InChI is InChI=1S/C36H52O3/c1-23(6-4-8-30(37)22-36-19-26-14-27(20-36)16-28(15-26)21-36)31-11-12-32-29(7-5-13-35(31,32)3)10-9-25-17-33(38)24(2)34(39)18-25/h9-10,23,26-28,30-34,37-39H,2,5-7,11-22H2,1,3H3/t23-,26?,27?,28?,30?,31-,32?,33-,34-,35-,36?/m1/s1. The number of hydrogen-bond donors (Lipinski definition) is 3. The van der Waals surface area contributed by atoms with Gasteiger partial charge < -0.3 is 15.3 Å². The van der Waals surface area contributed by atoms with Crippen LogP contribution in [0, 0.1) is 58.2 Å². The van der Waals surface area contributed by atoms with E-state index < -0.39 is 18.3 Å². The number of aliphatic hydroxyl groups is 3. The van der Waals surface area contributed by atoms with Crippen molar-refractivity contribution in [3.05, 3.63) is 35.5 Å². The third-order valence-corrected chi connectivity index (χ3v) is 12.5. The van der Waals surface area contributed by atoms with Crippen LogP contribution < -0.4 is 0 Å². The number of aliphatic hydroxyl groups excluding tert-OH is 3. The third kappa shape index (κ3) is 5.48. The molecule has 39 heavy (non-hydrogen) atoms. The van der Waals surface area contributed by atoms with Crippen molar-refractivity contribution in [1.29, 1.82) is 0 Å². The zero-order chi connectivity index (χ0) is 27.4. The second-order valence-electron chi connectivity index (χ2n) is 15.3. The van der Waals surface area contributed by atoms with E-state index >= 15 is 0 Å². The van der Waals surface area contributed by atoms with Gasteiger partial charge in [-0.3, -0.25) is 0 Å². The van der Waals surface area contributed by atoms with Crippen molar-refractivity contribution in [3.8, 4) is 11.8 Å². The first-order chi connectivity index (χ1) is 18.6. The smallest absolute Gasteiger partial charge is 0.115 e. The Morgan fingerprint density at radius 3 is 2.28 bits per heavy atom. The lowest BCUT2D eigenvalue weighted by Gasteiger charge is -2.57. The molecule has 0 aromatic heterocycles. The molecule has 7 fully saturated rings. The van der Waals surface area contributed by atoms with E-state index in [1.165, 1.54) is 70.6 Å². The van der Waals surface area contributed by atoms with Crippen LogP contribution in [-0.2, 0) is 0 Å². The van der Waals surface area contributed by atoms with E-state index in [0.29, 0.717) is 47.0 Å². The molecular weight excluding hydrogens is 480 g/mol. The van der Waals surface area contributed by atoms with Gasteiger partial charge >= 0.3 is 0 Å². The van der Waals surface area contributed by atoms with Crippen LogP contribution in [0.15, 0.2) is 35.5 Å². The molecule has 7 saturated carbocycles. The average Bonchev–Trinajstić information content (AvgIpc) is 3.22. The zero-order valence-corrected chi connectivity index (χ0v) is 24.5. The Morgan fingerprint density at radius 1 is 1.00 bits per heavy atom. The quantitative estimate of drug-likeness (QED) is 0.261. The lowest BCUT2D eigenvalue weighted by atomic mass is 9.48. The Hall–Kier alpha value is -1.34. The maximum Gasteiger partial charge on any atom is 0.115 e. The SMILES string of the molecule is C=C1[C@H](O)CC(=CC=C2CCC[C@@]3(C)C2CC[C@@H]3[C@H](C)CC#CC(O)CC23CC4CC(CC(C4)C2)C3)C[C@H]1O. The highest BCUT2D eigenvalue weighted by atomic mass is 16.3. The molecule has 3 nitrogen and oxygen atoms in total. The number of rotatable bonds is 5. The molecule has 3 N–H and O–H groups in total. The first-order valence-electron chi connectivity index (χ1n) is 16.2. The summed E-state index contributed by atoms with van der Waals surface area (Å²) in [6, 6.07) is 0. The van der Waals surface area contributed by atoms with Crippen molar-refractivity contribution < 1.29 is 15.3 Å². The summed E-state index contributed by atoms with van der Waals surface area (Å²) in [4.78, 5) is 0. The van der Waals surface area contributed by atoms with E-state index in [1.807, 2.05) is 0 Å². The van der Waals surface area contributed by atoms with Crippen LogP contribution in [0.25, 0.3) is 0 Å². The predicted molar refractivity (Wildman–Crippen MR) is 158 cm³/mol. The van der Waals surface area contributed by atoms with Crippen molar-refractivity contribution in [1.82, 2.24) is 0 Å². The summed E-state index contributed by atoms with van der Waals surface area (Å²) in [5.41, 5.74) is 3.97. The largest absolute Gasteiger partial charge is 0.388 e. The van der Waals surface area contributed by atoms with Crippen LogP contribution in [0.5, 0.6) is 0 Å². The van der Waals surface area contributed by atoms with Gasteiger partial charge in [0.1, 0.15) is 6.10 Å². The summed E-state index contributed by atoms with van der Waals surface area (Å²) in [7, 11) is 0. The predicted octanol–water partition coefficient (Wildman–Crippen LogP) is 7.12. The molecule has 0 aromatic rings. The highest BCUT2D eigenvalue weighted by Gasteiger charge is 2.52. The molecule has 214 valence electrons. The van der Waals surface area contributed by atoms with Gasteiger partial charge in [-0.2, -0.15) is 0 Å². The molecular formula is C36H52O3. The summed E-state index contributed by atoms with van der Waals surface area (Å²) in [5, 5.41) is 31.4. The Kier molecular flexibility index (Phi) is 7.71. The molecule has 2 unspecified atom stereocenters. The van der Waals surface area contributed by atoms with E-state index in [-0.39, 0.29) is 0 Å². The second-order valence-corrected chi connectivity index (χ2v) is 15.3.